The van der Waals surface area contributed by atoms with Gasteiger partial charge in [0.2, 0.25) is 0 Å². The Morgan fingerprint density at radius 1 is 1.38 bits per heavy atom. The van der Waals surface area contributed by atoms with Crippen LogP contribution in [0, 0.1) is 5.92 Å². The second-order valence-corrected chi connectivity index (χ2v) is 7.75. The molecule has 0 radical (unpaired) electrons. The molecule has 0 amide bonds. The summed E-state index contributed by atoms with van der Waals surface area (Å²) in [6, 6.07) is 1.57. The minimum absolute atomic E-state index is 0.125. The van der Waals surface area contributed by atoms with Crippen LogP contribution in [-0.4, -0.2) is 43.7 Å². The molecule has 1 unspecified atom stereocenters. The predicted molar refractivity (Wildman–Crippen MR) is 104 cm³/mol. The summed E-state index contributed by atoms with van der Waals surface area (Å²) in [5.74, 6) is 0.657. The number of halogens is 1. The minimum atomic E-state index is -0.432. The van der Waals surface area contributed by atoms with Gasteiger partial charge in [0.25, 0.3) is 0 Å². The summed E-state index contributed by atoms with van der Waals surface area (Å²) in [7, 11) is 1.37. The number of rotatable bonds is 5. The lowest BCUT2D eigenvalue weighted by atomic mass is 9.85. The number of unbranched alkanes of at least 4 members (excludes halogenated alkanes) is 1. The lowest BCUT2D eigenvalue weighted by Gasteiger charge is -2.38. The normalized spacial score (nSPS) is 21.1. The molecule has 3 rings (SSSR count). The molecule has 0 bridgehead atoms. The van der Waals surface area contributed by atoms with Crippen molar-refractivity contribution in [3.63, 3.8) is 0 Å². The summed E-state index contributed by atoms with van der Waals surface area (Å²) in [6.45, 7) is 5.68. The molecule has 1 saturated heterocycles. The van der Waals surface area contributed by atoms with E-state index >= 15 is 0 Å². The van der Waals surface area contributed by atoms with E-state index in [0.717, 1.165) is 44.3 Å². The number of nitrogens with zero attached hydrogens (tertiary/aromatic N) is 1. The van der Waals surface area contributed by atoms with Crippen LogP contribution >= 0.6 is 11.6 Å². The van der Waals surface area contributed by atoms with Gasteiger partial charge >= 0.3 is 5.97 Å². The summed E-state index contributed by atoms with van der Waals surface area (Å²) in [4.78, 5) is 14.7. The fraction of sp³-hybridized carbons (Fsp3) is 0.650. The third-order valence-electron chi connectivity index (χ3n) is 5.71. The average molecular weight is 381 g/mol. The van der Waals surface area contributed by atoms with Gasteiger partial charge in [-0.05, 0) is 63.7 Å². The van der Waals surface area contributed by atoms with E-state index in [0.29, 0.717) is 27.9 Å². The molecule has 1 fully saturated rings. The summed E-state index contributed by atoms with van der Waals surface area (Å²) in [5.41, 5.74) is 7.87. The minimum Gasteiger partial charge on any atom is -0.489 e. The van der Waals surface area contributed by atoms with E-state index in [1.165, 1.54) is 26.5 Å². The van der Waals surface area contributed by atoms with Crippen LogP contribution in [-0.2, 0) is 11.2 Å². The topological polar surface area (TPSA) is 64.8 Å². The first kappa shape index (κ1) is 19.3. The van der Waals surface area contributed by atoms with E-state index in [9.17, 15) is 4.79 Å². The highest BCUT2D eigenvalue weighted by Gasteiger charge is 2.34. The zero-order chi connectivity index (χ0) is 18.7. The molecule has 0 aliphatic carbocycles. The number of hydrogen-bond donors (Lipinski definition) is 1. The van der Waals surface area contributed by atoms with Gasteiger partial charge < -0.3 is 20.1 Å². The Balaban J connectivity index is 1.73. The molecule has 0 aromatic heterocycles. The van der Waals surface area contributed by atoms with Gasteiger partial charge in [-0.2, -0.15) is 0 Å². The number of nitrogen functional groups attached to an aromatic ring is 1. The lowest BCUT2D eigenvalue weighted by Crippen LogP contribution is -2.41. The summed E-state index contributed by atoms with van der Waals surface area (Å²) in [5, 5.41) is 0.385. The fourth-order valence-corrected chi connectivity index (χ4v) is 4.33. The van der Waals surface area contributed by atoms with Crippen molar-refractivity contribution in [3.05, 3.63) is 22.2 Å². The molecule has 2 heterocycles. The first-order valence-corrected chi connectivity index (χ1v) is 10.0. The number of likely N-dealkylation sites (tertiary alicyclic amines) is 1. The molecule has 0 spiro atoms. The van der Waals surface area contributed by atoms with E-state index in [1.807, 2.05) is 0 Å². The first-order valence-electron chi connectivity index (χ1n) is 9.63. The van der Waals surface area contributed by atoms with Crippen molar-refractivity contribution in [3.8, 4) is 5.75 Å². The molecule has 144 valence electrons. The summed E-state index contributed by atoms with van der Waals surface area (Å²) in [6.07, 6.45) is 6.61. The summed E-state index contributed by atoms with van der Waals surface area (Å²) >= 11 is 6.20. The number of piperidine rings is 1. The predicted octanol–water partition coefficient (Wildman–Crippen LogP) is 3.91. The average Bonchev–Trinajstić information content (AvgIpc) is 2.68. The van der Waals surface area contributed by atoms with Gasteiger partial charge in [-0.25, -0.2) is 4.79 Å². The Hall–Kier alpha value is -1.46. The number of esters is 1. The number of carbonyl (C=O) groups is 1. The van der Waals surface area contributed by atoms with Gasteiger partial charge in [-0.15, -0.1) is 0 Å². The highest BCUT2D eigenvalue weighted by atomic mass is 35.5. The van der Waals surface area contributed by atoms with Crippen LogP contribution < -0.4 is 10.5 Å². The maximum atomic E-state index is 12.2. The van der Waals surface area contributed by atoms with Gasteiger partial charge in [0, 0.05) is 5.56 Å². The molecule has 1 aromatic rings. The third-order valence-corrected chi connectivity index (χ3v) is 6.02. The molecular weight excluding hydrogens is 352 g/mol. The van der Waals surface area contributed by atoms with Crippen molar-refractivity contribution in [1.82, 2.24) is 4.90 Å². The number of hydrogen-bond acceptors (Lipinski definition) is 5. The van der Waals surface area contributed by atoms with E-state index < -0.39 is 5.97 Å². The molecule has 6 heteroatoms. The number of nitrogens with two attached hydrogens (primary N) is 1. The van der Waals surface area contributed by atoms with Crippen molar-refractivity contribution in [1.29, 1.82) is 0 Å². The molecule has 2 aliphatic rings. The van der Waals surface area contributed by atoms with E-state index in [2.05, 4.69) is 11.8 Å². The zero-order valence-electron chi connectivity index (χ0n) is 15.7. The molecule has 2 N–H and O–H groups in total. The maximum Gasteiger partial charge on any atom is 0.341 e. The Bertz CT molecular complexity index is 657. The van der Waals surface area contributed by atoms with Crippen molar-refractivity contribution >= 4 is 23.3 Å². The standard InChI is InChI=1S/C20H29ClN2O3/c1-3-4-9-23-10-7-13(8-11-23)17-6-5-14-18(22)16(21)12-15(19(14)26-17)20(24)25-2/h12-13,17H,3-11,22H2,1-2H3. The summed E-state index contributed by atoms with van der Waals surface area (Å²) < 4.78 is 11.2. The van der Waals surface area contributed by atoms with Gasteiger partial charge in [0.1, 0.15) is 17.4 Å². The molecule has 2 aliphatic heterocycles. The van der Waals surface area contributed by atoms with E-state index in [1.54, 1.807) is 6.07 Å². The van der Waals surface area contributed by atoms with Crippen LogP contribution in [0.5, 0.6) is 5.75 Å². The van der Waals surface area contributed by atoms with Crippen molar-refractivity contribution in [2.24, 2.45) is 5.92 Å². The molecule has 1 atom stereocenters. The number of methoxy groups -OCH3 is 1. The Morgan fingerprint density at radius 2 is 2.12 bits per heavy atom. The van der Waals surface area contributed by atoms with Crippen LogP contribution in [0.4, 0.5) is 5.69 Å². The van der Waals surface area contributed by atoms with Crippen LogP contribution in [0.2, 0.25) is 5.02 Å². The number of carbonyl (C=O) groups excluding carboxylic acids is 1. The largest absolute Gasteiger partial charge is 0.489 e. The van der Waals surface area contributed by atoms with Gasteiger partial charge in [0.15, 0.2) is 0 Å². The molecule has 0 saturated carbocycles. The second-order valence-electron chi connectivity index (χ2n) is 7.35. The highest BCUT2D eigenvalue weighted by Crippen LogP contribution is 2.42. The van der Waals surface area contributed by atoms with E-state index in [-0.39, 0.29) is 6.10 Å². The monoisotopic (exact) mass is 380 g/mol. The van der Waals surface area contributed by atoms with Crippen LogP contribution in [0.15, 0.2) is 6.07 Å². The maximum absolute atomic E-state index is 12.2. The van der Waals surface area contributed by atoms with Crippen LogP contribution in [0.1, 0.15) is 54.9 Å². The number of anilines is 1. The molecule has 5 nitrogen and oxygen atoms in total. The van der Waals surface area contributed by atoms with Crippen LogP contribution in [0.3, 0.4) is 0 Å². The molecular formula is C20H29ClN2O3. The first-order chi connectivity index (χ1) is 12.5. The van der Waals surface area contributed by atoms with Gasteiger partial charge in [-0.3, -0.25) is 0 Å². The van der Waals surface area contributed by atoms with Crippen LogP contribution in [0.25, 0.3) is 0 Å². The van der Waals surface area contributed by atoms with Gasteiger partial charge in [0.05, 0.1) is 17.8 Å². The number of benzene rings is 1. The Labute approximate surface area is 160 Å². The Morgan fingerprint density at radius 3 is 2.77 bits per heavy atom. The quantitative estimate of drug-likeness (QED) is 0.619. The van der Waals surface area contributed by atoms with Crippen molar-refractivity contribution in [2.45, 2.75) is 51.6 Å². The number of ether oxygens (including phenoxy) is 2. The number of fused-ring (bicyclic) bond motifs is 1. The van der Waals surface area contributed by atoms with Crippen molar-refractivity contribution < 1.29 is 14.3 Å². The smallest absolute Gasteiger partial charge is 0.341 e. The van der Waals surface area contributed by atoms with E-state index in [4.69, 9.17) is 26.8 Å². The fourth-order valence-electron chi connectivity index (χ4n) is 4.10. The SMILES string of the molecule is CCCCN1CCC(C2CCc3c(N)c(Cl)cc(C(=O)OC)c3O2)CC1. The Kier molecular flexibility index (Phi) is 6.30. The molecule has 1 aromatic carbocycles. The molecule has 26 heavy (non-hydrogen) atoms. The van der Waals surface area contributed by atoms with Crippen molar-refractivity contribution in [2.75, 3.05) is 32.5 Å². The third kappa shape index (κ3) is 3.94. The zero-order valence-corrected chi connectivity index (χ0v) is 16.5. The lowest BCUT2D eigenvalue weighted by molar-refractivity contribution is 0.0527. The van der Waals surface area contributed by atoms with Gasteiger partial charge in [-0.1, -0.05) is 24.9 Å². The second kappa shape index (κ2) is 8.49. The highest BCUT2D eigenvalue weighted by molar-refractivity contribution is 6.33.